The van der Waals surface area contributed by atoms with E-state index in [9.17, 15) is 4.79 Å². The maximum atomic E-state index is 12.9. The summed E-state index contributed by atoms with van der Waals surface area (Å²) in [5.41, 5.74) is 2.53. The third kappa shape index (κ3) is 4.14. The monoisotopic (exact) mass is 381 g/mol. The third-order valence-electron chi connectivity index (χ3n) is 4.40. The molecule has 0 bridgehead atoms. The van der Waals surface area contributed by atoms with Gasteiger partial charge in [-0.1, -0.05) is 35.0 Å². The first-order chi connectivity index (χ1) is 13.5. The van der Waals surface area contributed by atoms with Crippen molar-refractivity contribution in [3.05, 3.63) is 59.5 Å². The van der Waals surface area contributed by atoms with Crippen molar-refractivity contribution in [1.29, 1.82) is 0 Å². The number of nitrogens with zero attached hydrogens (tertiary/aromatic N) is 3. The summed E-state index contributed by atoms with van der Waals surface area (Å²) >= 11 is 0. The van der Waals surface area contributed by atoms with Gasteiger partial charge in [0.15, 0.2) is 11.5 Å². The highest BCUT2D eigenvalue weighted by Gasteiger charge is 2.20. The molecule has 0 spiro atoms. The molecule has 7 nitrogen and oxygen atoms in total. The van der Waals surface area contributed by atoms with Gasteiger partial charge in [-0.05, 0) is 32.0 Å². The Bertz CT molecular complexity index is 951. The van der Waals surface area contributed by atoms with Crippen LogP contribution in [0.2, 0.25) is 0 Å². The highest BCUT2D eigenvalue weighted by molar-refractivity contribution is 5.94. The van der Waals surface area contributed by atoms with E-state index in [1.54, 1.807) is 30.2 Å². The average molecular weight is 381 g/mol. The number of aryl methyl sites for hydroxylation is 1. The Balaban J connectivity index is 1.77. The summed E-state index contributed by atoms with van der Waals surface area (Å²) in [6.07, 6.45) is 0. The van der Waals surface area contributed by atoms with Crippen LogP contribution in [0, 0.1) is 6.92 Å². The summed E-state index contributed by atoms with van der Waals surface area (Å²) in [5, 5.41) is 4.02. The van der Waals surface area contributed by atoms with Crippen LogP contribution >= 0.6 is 0 Å². The van der Waals surface area contributed by atoms with Crippen LogP contribution in [0.4, 0.5) is 0 Å². The van der Waals surface area contributed by atoms with Gasteiger partial charge in [-0.25, -0.2) is 0 Å². The van der Waals surface area contributed by atoms with Gasteiger partial charge < -0.3 is 18.9 Å². The zero-order valence-corrected chi connectivity index (χ0v) is 16.4. The Morgan fingerprint density at radius 3 is 2.43 bits per heavy atom. The second kappa shape index (κ2) is 8.56. The van der Waals surface area contributed by atoms with E-state index in [0.717, 1.165) is 11.1 Å². The Hall–Kier alpha value is -3.35. The minimum atomic E-state index is -0.154. The lowest BCUT2D eigenvalue weighted by molar-refractivity contribution is 0.0734. The number of aromatic nitrogens is 2. The van der Waals surface area contributed by atoms with Crippen LogP contribution in [0.5, 0.6) is 11.5 Å². The summed E-state index contributed by atoms with van der Waals surface area (Å²) in [7, 11) is 3.09. The zero-order chi connectivity index (χ0) is 20.1. The normalized spacial score (nSPS) is 10.6. The van der Waals surface area contributed by atoms with Gasteiger partial charge in [-0.15, -0.1) is 0 Å². The zero-order valence-electron chi connectivity index (χ0n) is 16.4. The van der Waals surface area contributed by atoms with Crippen LogP contribution in [-0.2, 0) is 6.54 Å². The predicted octanol–water partition coefficient (Wildman–Crippen LogP) is 3.72. The number of rotatable bonds is 7. The molecule has 0 N–H and O–H groups in total. The van der Waals surface area contributed by atoms with Gasteiger partial charge in [0.1, 0.15) is 6.54 Å². The number of benzene rings is 2. The molecule has 0 fully saturated rings. The van der Waals surface area contributed by atoms with Gasteiger partial charge in [0.05, 0.1) is 14.2 Å². The predicted molar refractivity (Wildman–Crippen MR) is 104 cm³/mol. The molecule has 0 radical (unpaired) electrons. The fourth-order valence-corrected chi connectivity index (χ4v) is 2.78. The topological polar surface area (TPSA) is 77.7 Å². The number of carbonyl (C=O) groups is 1. The molecular weight excluding hydrogens is 358 g/mol. The van der Waals surface area contributed by atoms with Crippen molar-refractivity contribution in [2.45, 2.75) is 20.4 Å². The van der Waals surface area contributed by atoms with E-state index in [4.69, 9.17) is 14.0 Å². The minimum absolute atomic E-state index is 0.154. The van der Waals surface area contributed by atoms with E-state index in [2.05, 4.69) is 10.1 Å². The number of ether oxygens (including phenoxy) is 2. The van der Waals surface area contributed by atoms with Crippen LogP contribution in [0.3, 0.4) is 0 Å². The Morgan fingerprint density at radius 2 is 1.79 bits per heavy atom. The molecule has 146 valence electrons. The minimum Gasteiger partial charge on any atom is -0.493 e. The van der Waals surface area contributed by atoms with E-state index >= 15 is 0 Å². The van der Waals surface area contributed by atoms with Crippen molar-refractivity contribution in [2.24, 2.45) is 0 Å². The lowest BCUT2D eigenvalue weighted by atomic mass is 10.1. The SMILES string of the molecule is CCN(Cc1nc(-c2ccc(C)cc2)no1)C(=O)c1ccc(OC)c(OC)c1. The summed E-state index contributed by atoms with van der Waals surface area (Å²) in [5.74, 6) is 1.81. The maximum Gasteiger partial charge on any atom is 0.254 e. The third-order valence-corrected chi connectivity index (χ3v) is 4.40. The average Bonchev–Trinajstić information content (AvgIpc) is 3.20. The van der Waals surface area contributed by atoms with Gasteiger partial charge in [0, 0.05) is 17.7 Å². The van der Waals surface area contributed by atoms with Crippen LogP contribution in [0.1, 0.15) is 28.7 Å². The number of hydrogen-bond donors (Lipinski definition) is 0. The summed E-state index contributed by atoms with van der Waals surface area (Å²) in [6, 6.07) is 12.9. The molecule has 2 aromatic carbocycles. The summed E-state index contributed by atoms with van der Waals surface area (Å²) < 4.78 is 15.9. The van der Waals surface area contributed by atoms with Gasteiger partial charge in [-0.3, -0.25) is 4.79 Å². The molecule has 1 heterocycles. The molecule has 1 amide bonds. The van der Waals surface area contributed by atoms with Crippen LogP contribution in [-0.4, -0.2) is 41.7 Å². The first kappa shape index (κ1) is 19.4. The fourth-order valence-electron chi connectivity index (χ4n) is 2.78. The highest BCUT2D eigenvalue weighted by atomic mass is 16.5. The molecular formula is C21H23N3O4. The molecule has 0 atom stereocenters. The lowest BCUT2D eigenvalue weighted by Crippen LogP contribution is -2.30. The Labute approximate surface area is 163 Å². The van der Waals surface area contributed by atoms with Crippen molar-refractivity contribution in [3.8, 4) is 22.9 Å². The van der Waals surface area contributed by atoms with Crippen molar-refractivity contribution >= 4 is 5.91 Å². The van der Waals surface area contributed by atoms with E-state index in [1.165, 1.54) is 7.11 Å². The standard InChI is InChI=1S/C21H23N3O4/c1-5-24(21(25)16-10-11-17(26-3)18(12-16)27-4)13-19-22-20(23-28-19)15-8-6-14(2)7-9-15/h6-12H,5,13H2,1-4H3. The molecule has 0 saturated carbocycles. The fraction of sp³-hybridized carbons (Fsp3) is 0.286. The maximum absolute atomic E-state index is 12.9. The molecule has 28 heavy (non-hydrogen) atoms. The number of amides is 1. The second-order valence-corrected chi connectivity index (χ2v) is 6.27. The van der Waals surface area contributed by atoms with Crippen molar-refractivity contribution < 1.29 is 18.8 Å². The second-order valence-electron chi connectivity index (χ2n) is 6.27. The summed E-state index contributed by atoms with van der Waals surface area (Å²) in [4.78, 5) is 19.0. The number of methoxy groups -OCH3 is 2. The largest absolute Gasteiger partial charge is 0.493 e. The molecule has 0 aliphatic carbocycles. The molecule has 3 aromatic rings. The molecule has 0 aliphatic rings. The van der Waals surface area contributed by atoms with Gasteiger partial charge in [-0.2, -0.15) is 4.98 Å². The molecule has 0 aliphatic heterocycles. The van der Waals surface area contributed by atoms with E-state index < -0.39 is 0 Å². The molecule has 3 rings (SSSR count). The number of hydrogen-bond acceptors (Lipinski definition) is 6. The lowest BCUT2D eigenvalue weighted by Gasteiger charge is -2.19. The van der Waals surface area contributed by atoms with Crippen molar-refractivity contribution in [1.82, 2.24) is 15.0 Å². The van der Waals surface area contributed by atoms with Gasteiger partial charge in [0.25, 0.3) is 5.91 Å². The Kier molecular flexibility index (Phi) is 5.93. The number of carbonyl (C=O) groups excluding carboxylic acids is 1. The van der Waals surface area contributed by atoms with Crippen LogP contribution in [0.15, 0.2) is 47.0 Å². The highest BCUT2D eigenvalue weighted by Crippen LogP contribution is 2.28. The Morgan fingerprint density at radius 1 is 1.07 bits per heavy atom. The summed E-state index contributed by atoms with van der Waals surface area (Å²) in [6.45, 7) is 4.64. The van der Waals surface area contributed by atoms with E-state index in [-0.39, 0.29) is 12.5 Å². The molecule has 0 unspecified atom stereocenters. The molecule has 1 aromatic heterocycles. The van der Waals surface area contributed by atoms with E-state index in [1.807, 2.05) is 38.1 Å². The first-order valence-corrected chi connectivity index (χ1v) is 8.96. The van der Waals surface area contributed by atoms with Crippen molar-refractivity contribution in [3.63, 3.8) is 0 Å². The quantitative estimate of drug-likeness (QED) is 0.621. The molecule has 7 heteroatoms. The first-order valence-electron chi connectivity index (χ1n) is 8.96. The smallest absolute Gasteiger partial charge is 0.254 e. The van der Waals surface area contributed by atoms with Gasteiger partial charge >= 0.3 is 0 Å². The van der Waals surface area contributed by atoms with E-state index in [0.29, 0.717) is 35.3 Å². The van der Waals surface area contributed by atoms with Crippen molar-refractivity contribution in [2.75, 3.05) is 20.8 Å². The van der Waals surface area contributed by atoms with Crippen LogP contribution < -0.4 is 9.47 Å². The van der Waals surface area contributed by atoms with Gasteiger partial charge in [0.2, 0.25) is 11.7 Å². The van der Waals surface area contributed by atoms with Crippen LogP contribution in [0.25, 0.3) is 11.4 Å². The molecule has 0 saturated heterocycles.